The molecule has 1 rings (SSSR count). The molecule has 1 aromatic carbocycles. The van der Waals surface area contributed by atoms with Crippen molar-refractivity contribution in [3.05, 3.63) is 36.9 Å². The first-order valence-electron chi connectivity index (χ1n) is 4.63. The summed E-state index contributed by atoms with van der Waals surface area (Å²) in [6.45, 7) is 0. The molecular formula is C10HBr9O2. The van der Waals surface area contributed by atoms with Crippen LogP contribution < -0.4 is 0 Å². The molecule has 0 aliphatic heterocycles. The van der Waals surface area contributed by atoms with Crippen LogP contribution in [0.2, 0.25) is 0 Å². The smallest absolute Gasteiger partial charge is 0.335 e. The van der Waals surface area contributed by atoms with Gasteiger partial charge in [-0.3, -0.25) is 0 Å². The molecule has 0 saturated heterocycles. The number of carboxylic acid groups (broad SMARTS) is 1. The van der Waals surface area contributed by atoms with Crippen LogP contribution in [0.25, 0.3) is 0 Å². The Labute approximate surface area is 196 Å². The van der Waals surface area contributed by atoms with Crippen molar-refractivity contribution in [2.45, 2.75) is 3.23 Å². The molecule has 1 aromatic rings. The lowest BCUT2D eigenvalue weighted by atomic mass is 10.1. The Morgan fingerprint density at radius 1 is 0.810 bits per heavy atom. The van der Waals surface area contributed by atoms with Crippen LogP contribution in [-0.4, -0.2) is 11.1 Å². The fourth-order valence-corrected chi connectivity index (χ4v) is 9.57. The molecular weight excluding hydrogens is 871 g/mol. The number of hydrogen-bond acceptors (Lipinski definition) is 1. The lowest BCUT2D eigenvalue weighted by Crippen LogP contribution is -2.21. The Hall–Kier alpha value is 2.75. The number of halogens is 9. The van der Waals surface area contributed by atoms with Gasteiger partial charge in [0.15, 0.2) is 0 Å². The Balaban J connectivity index is 3.83. The monoisotopic (exact) mass is 863 g/mol. The van der Waals surface area contributed by atoms with Crippen LogP contribution in [-0.2, 0) is 8.03 Å². The summed E-state index contributed by atoms with van der Waals surface area (Å²) < 4.78 is 2.79. The lowest BCUT2D eigenvalue weighted by molar-refractivity contribution is -0.132. The fraction of sp³-hybridized carbons (Fsp3) is 0.100. The molecule has 0 aliphatic carbocycles. The second-order valence-electron chi connectivity index (χ2n) is 3.46. The van der Waals surface area contributed by atoms with Crippen molar-refractivity contribution in [2.75, 3.05) is 0 Å². The van der Waals surface area contributed by atoms with Gasteiger partial charge in [0, 0.05) is 27.9 Å². The van der Waals surface area contributed by atoms with Gasteiger partial charge in [-0.25, -0.2) is 4.79 Å². The number of carbonyl (C=O) groups is 1. The van der Waals surface area contributed by atoms with E-state index in [1.165, 1.54) is 0 Å². The minimum atomic E-state index is -1.16. The number of alkyl halides is 2. The highest BCUT2D eigenvalue weighted by molar-refractivity contribution is 9.28. The van der Waals surface area contributed by atoms with E-state index < -0.39 is 9.20 Å². The summed E-state index contributed by atoms with van der Waals surface area (Å²) in [4.78, 5) is 11.6. The molecule has 0 unspecified atom stereocenters. The van der Waals surface area contributed by atoms with Crippen LogP contribution in [0.5, 0.6) is 0 Å². The molecule has 2 nitrogen and oxygen atoms in total. The predicted octanol–water partition coefficient (Wildman–Crippen LogP) is 8.53. The number of benzene rings is 1. The third-order valence-corrected chi connectivity index (χ3v) is 10.7. The van der Waals surface area contributed by atoms with E-state index in [0.29, 0.717) is 17.9 Å². The second kappa shape index (κ2) is 8.42. The van der Waals surface area contributed by atoms with E-state index in [4.69, 9.17) is 0 Å². The SMILES string of the molecule is O=C(O)C(=C(Br)Br)C(Br)(Br)c1c(Br)c(Br)c(Br)c(Br)c1Br. The highest BCUT2D eigenvalue weighted by atomic mass is 79.9. The van der Waals surface area contributed by atoms with Gasteiger partial charge < -0.3 is 5.11 Å². The minimum Gasteiger partial charge on any atom is -0.478 e. The van der Waals surface area contributed by atoms with Gasteiger partial charge in [-0.05, 0) is 112 Å². The van der Waals surface area contributed by atoms with Crippen LogP contribution in [0.15, 0.2) is 31.3 Å². The van der Waals surface area contributed by atoms with E-state index in [1.54, 1.807) is 0 Å². The van der Waals surface area contributed by atoms with Gasteiger partial charge >= 0.3 is 5.97 Å². The minimum absolute atomic E-state index is 0.0463. The third-order valence-electron chi connectivity index (χ3n) is 2.24. The molecule has 0 aliphatic rings. The zero-order valence-electron chi connectivity index (χ0n) is 9.26. The van der Waals surface area contributed by atoms with Gasteiger partial charge in [0.1, 0.15) is 3.23 Å². The molecule has 0 saturated carbocycles. The van der Waals surface area contributed by atoms with E-state index in [2.05, 4.69) is 143 Å². The van der Waals surface area contributed by atoms with E-state index in [9.17, 15) is 9.90 Å². The van der Waals surface area contributed by atoms with Gasteiger partial charge in [-0.15, -0.1) is 0 Å². The van der Waals surface area contributed by atoms with E-state index in [-0.39, 0.29) is 5.57 Å². The third kappa shape index (κ3) is 4.48. The Morgan fingerprint density at radius 3 is 1.43 bits per heavy atom. The van der Waals surface area contributed by atoms with Crippen LogP contribution in [0.3, 0.4) is 0 Å². The molecule has 0 spiro atoms. The summed E-state index contributed by atoms with van der Waals surface area (Å²) in [5, 5.41) is 9.47. The standard InChI is InChI=1S/C10HBr9O2/c11-3-1(4(12)6(14)7(15)5(3)13)10(18,19)2(8(16)17)9(20)21/h(H,20,21). The molecule has 11 heteroatoms. The van der Waals surface area contributed by atoms with Crippen molar-refractivity contribution in [3.63, 3.8) is 0 Å². The van der Waals surface area contributed by atoms with Crippen LogP contribution in [0, 0.1) is 0 Å². The lowest BCUT2D eigenvalue weighted by Gasteiger charge is -2.26. The van der Waals surface area contributed by atoms with E-state index in [1.807, 2.05) is 0 Å². The average molecular weight is 872 g/mol. The van der Waals surface area contributed by atoms with E-state index in [0.717, 1.165) is 13.4 Å². The second-order valence-corrected chi connectivity index (χ2v) is 13.5. The Kier molecular flexibility index (Phi) is 8.74. The molecule has 116 valence electrons. The predicted molar refractivity (Wildman–Crippen MR) is 117 cm³/mol. The molecule has 0 atom stereocenters. The van der Waals surface area contributed by atoms with Crippen molar-refractivity contribution in [1.82, 2.24) is 0 Å². The zero-order chi connectivity index (χ0) is 16.7. The molecule has 0 amide bonds. The van der Waals surface area contributed by atoms with Crippen molar-refractivity contribution in [2.24, 2.45) is 0 Å². The Bertz CT molecular complexity index is 617. The number of rotatable bonds is 3. The first-order valence-corrected chi connectivity index (χ1v) is 11.8. The zero-order valence-corrected chi connectivity index (χ0v) is 23.5. The molecule has 0 bridgehead atoms. The number of carboxylic acids is 1. The van der Waals surface area contributed by atoms with Gasteiger partial charge in [0.05, 0.1) is 8.96 Å². The first kappa shape index (κ1) is 21.8. The largest absolute Gasteiger partial charge is 0.478 e. The molecule has 0 heterocycles. The summed E-state index contributed by atoms with van der Waals surface area (Å²) in [6.07, 6.45) is 0. The summed E-state index contributed by atoms with van der Waals surface area (Å²) in [6, 6.07) is 0. The van der Waals surface area contributed by atoms with Gasteiger partial charge in [-0.2, -0.15) is 0 Å². The van der Waals surface area contributed by atoms with Gasteiger partial charge in [0.25, 0.3) is 0 Å². The maximum absolute atomic E-state index is 11.6. The summed E-state index contributed by atoms with van der Waals surface area (Å²) >= 11 is 30.6. The number of hydrogen-bond donors (Lipinski definition) is 1. The Morgan fingerprint density at radius 2 is 1.14 bits per heavy atom. The van der Waals surface area contributed by atoms with Gasteiger partial charge in [0.2, 0.25) is 0 Å². The normalized spacial score (nSPS) is 11.5. The molecule has 21 heavy (non-hydrogen) atoms. The first-order chi connectivity index (χ1) is 9.44. The van der Waals surface area contributed by atoms with E-state index >= 15 is 0 Å². The van der Waals surface area contributed by atoms with Crippen LogP contribution in [0.4, 0.5) is 0 Å². The molecule has 0 fully saturated rings. The number of aliphatic carboxylic acids is 1. The molecule has 0 radical (unpaired) electrons. The van der Waals surface area contributed by atoms with Crippen LogP contribution in [0.1, 0.15) is 5.56 Å². The quantitative estimate of drug-likeness (QED) is 0.143. The highest BCUT2D eigenvalue weighted by Gasteiger charge is 2.41. The van der Waals surface area contributed by atoms with Crippen molar-refractivity contribution < 1.29 is 9.90 Å². The fourth-order valence-electron chi connectivity index (χ4n) is 1.34. The summed E-state index contributed by atoms with van der Waals surface area (Å²) in [5.74, 6) is -1.10. The summed E-state index contributed by atoms with van der Waals surface area (Å²) in [7, 11) is 0. The topological polar surface area (TPSA) is 37.3 Å². The maximum atomic E-state index is 11.6. The van der Waals surface area contributed by atoms with Gasteiger partial charge in [-0.1, -0.05) is 31.9 Å². The average Bonchev–Trinajstić information content (AvgIpc) is 2.32. The van der Waals surface area contributed by atoms with Crippen molar-refractivity contribution in [3.8, 4) is 0 Å². The molecule has 1 N–H and O–H groups in total. The molecule has 0 aromatic heterocycles. The highest BCUT2D eigenvalue weighted by Crippen LogP contribution is 2.56. The summed E-state index contributed by atoms with van der Waals surface area (Å²) in [5.41, 5.74) is 0.684. The maximum Gasteiger partial charge on any atom is 0.335 e. The van der Waals surface area contributed by atoms with Crippen LogP contribution >= 0.6 is 143 Å². The van der Waals surface area contributed by atoms with Crippen molar-refractivity contribution >= 4 is 149 Å². The van der Waals surface area contributed by atoms with Crippen molar-refractivity contribution in [1.29, 1.82) is 0 Å².